The Morgan fingerprint density at radius 3 is 2.43 bits per heavy atom. The summed E-state index contributed by atoms with van der Waals surface area (Å²) in [7, 11) is 1.34. The quantitative estimate of drug-likeness (QED) is 0.895. The number of anilines is 1. The van der Waals surface area contributed by atoms with E-state index < -0.39 is 24.2 Å². The largest absolute Gasteiger partial charge is 0.496 e. The van der Waals surface area contributed by atoms with E-state index in [4.69, 9.17) is 15.2 Å². The van der Waals surface area contributed by atoms with E-state index in [1.807, 2.05) is 0 Å². The summed E-state index contributed by atoms with van der Waals surface area (Å²) in [5.41, 5.74) is 5.31. The van der Waals surface area contributed by atoms with E-state index >= 15 is 0 Å². The number of alkyl halides is 2. The number of amides is 1. The Labute approximate surface area is 122 Å². The maximum atomic E-state index is 12.7. The molecule has 1 amide bonds. The average molecular weight is 302 g/mol. The average Bonchev–Trinajstić information content (AvgIpc) is 2.35. The van der Waals surface area contributed by atoms with Crippen molar-refractivity contribution in [3.8, 4) is 5.75 Å². The Bertz CT molecular complexity index is 501. The van der Waals surface area contributed by atoms with Crippen molar-refractivity contribution in [2.75, 3.05) is 12.4 Å². The number of ether oxygens (including phenoxy) is 2. The SMILES string of the molecule is COc1cc(NC(=O)OC(C)(C)C)ccc1C(N)C(F)F. The molecule has 0 bridgehead atoms. The minimum absolute atomic E-state index is 0.169. The lowest BCUT2D eigenvalue weighted by atomic mass is 10.1. The molecule has 0 spiro atoms. The van der Waals surface area contributed by atoms with Crippen LogP contribution in [0, 0.1) is 0 Å². The molecule has 3 N–H and O–H groups in total. The molecule has 0 saturated carbocycles. The van der Waals surface area contributed by atoms with Crippen LogP contribution in [0.5, 0.6) is 5.75 Å². The topological polar surface area (TPSA) is 73.6 Å². The van der Waals surface area contributed by atoms with Gasteiger partial charge in [-0.3, -0.25) is 5.32 Å². The summed E-state index contributed by atoms with van der Waals surface area (Å²) in [6, 6.07) is 2.82. The second kappa shape index (κ2) is 6.71. The Hall–Kier alpha value is -1.89. The molecule has 5 nitrogen and oxygen atoms in total. The van der Waals surface area contributed by atoms with Gasteiger partial charge in [-0.2, -0.15) is 0 Å². The van der Waals surface area contributed by atoms with Gasteiger partial charge >= 0.3 is 6.09 Å². The van der Waals surface area contributed by atoms with Gasteiger partial charge < -0.3 is 15.2 Å². The van der Waals surface area contributed by atoms with Crippen molar-refractivity contribution < 1.29 is 23.0 Å². The monoisotopic (exact) mass is 302 g/mol. The van der Waals surface area contributed by atoms with Crippen LogP contribution < -0.4 is 15.8 Å². The van der Waals surface area contributed by atoms with Gasteiger partial charge in [0.25, 0.3) is 6.43 Å². The summed E-state index contributed by atoms with van der Waals surface area (Å²) < 4.78 is 35.4. The molecule has 0 aliphatic heterocycles. The number of rotatable bonds is 4. The first-order valence-electron chi connectivity index (χ1n) is 6.35. The fourth-order valence-electron chi connectivity index (χ4n) is 1.62. The predicted molar refractivity (Wildman–Crippen MR) is 75.8 cm³/mol. The first-order valence-corrected chi connectivity index (χ1v) is 6.35. The van der Waals surface area contributed by atoms with Gasteiger partial charge in [0.15, 0.2) is 0 Å². The van der Waals surface area contributed by atoms with Crippen molar-refractivity contribution >= 4 is 11.8 Å². The molecule has 118 valence electrons. The third-order valence-corrected chi connectivity index (χ3v) is 2.51. The third-order valence-electron chi connectivity index (χ3n) is 2.51. The van der Waals surface area contributed by atoms with Crippen LogP contribution in [0.15, 0.2) is 18.2 Å². The molecule has 1 rings (SSSR count). The van der Waals surface area contributed by atoms with Crippen LogP contribution >= 0.6 is 0 Å². The number of benzene rings is 1. The number of hydrogen-bond acceptors (Lipinski definition) is 4. The third kappa shape index (κ3) is 5.18. The Balaban J connectivity index is 2.90. The van der Waals surface area contributed by atoms with Crippen molar-refractivity contribution in [1.29, 1.82) is 0 Å². The van der Waals surface area contributed by atoms with Gasteiger partial charge in [-0.25, -0.2) is 13.6 Å². The van der Waals surface area contributed by atoms with Crippen LogP contribution in [-0.4, -0.2) is 25.2 Å². The van der Waals surface area contributed by atoms with Gasteiger partial charge in [-0.05, 0) is 26.8 Å². The van der Waals surface area contributed by atoms with Gasteiger partial charge in [-0.1, -0.05) is 6.07 Å². The van der Waals surface area contributed by atoms with Gasteiger partial charge in [0.05, 0.1) is 13.2 Å². The molecule has 0 aliphatic rings. The number of methoxy groups -OCH3 is 1. The molecule has 0 heterocycles. The highest BCUT2D eigenvalue weighted by atomic mass is 19.3. The zero-order valence-electron chi connectivity index (χ0n) is 12.4. The van der Waals surface area contributed by atoms with Crippen LogP contribution in [0.4, 0.5) is 19.3 Å². The normalized spacial score (nSPS) is 13.0. The summed E-state index contributed by atoms with van der Waals surface area (Å²) in [6.45, 7) is 5.20. The summed E-state index contributed by atoms with van der Waals surface area (Å²) in [5, 5.41) is 2.50. The van der Waals surface area contributed by atoms with E-state index in [2.05, 4.69) is 5.32 Å². The van der Waals surface area contributed by atoms with Gasteiger partial charge in [-0.15, -0.1) is 0 Å². The Morgan fingerprint density at radius 1 is 1.33 bits per heavy atom. The number of hydrogen-bond donors (Lipinski definition) is 2. The van der Waals surface area contributed by atoms with E-state index in [1.165, 1.54) is 25.3 Å². The smallest absolute Gasteiger partial charge is 0.412 e. The van der Waals surface area contributed by atoms with Crippen LogP contribution in [0.25, 0.3) is 0 Å². The van der Waals surface area contributed by atoms with E-state index in [9.17, 15) is 13.6 Å². The van der Waals surface area contributed by atoms with Crippen molar-refractivity contribution in [2.24, 2.45) is 5.73 Å². The molecule has 0 radical (unpaired) electrons. The number of nitrogens with one attached hydrogen (secondary N) is 1. The molecule has 0 fully saturated rings. The van der Waals surface area contributed by atoms with Crippen LogP contribution in [0.1, 0.15) is 32.4 Å². The summed E-state index contributed by atoms with van der Waals surface area (Å²) in [6.07, 6.45) is -3.35. The fourth-order valence-corrected chi connectivity index (χ4v) is 1.62. The molecule has 1 unspecified atom stereocenters. The molecule has 0 aromatic heterocycles. The number of carbonyl (C=O) groups excluding carboxylic acids is 1. The number of carbonyl (C=O) groups is 1. The number of halogens is 2. The molecule has 0 aliphatic carbocycles. The highest BCUT2D eigenvalue weighted by molar-refractivity contribution is 5.85. The van der Waals surface area contributed by atoms with E-state index in [1.54, 1.807) is 20.8 Å². The zero-order valence-corrected chi connectivity index (χ0v) is 12.4. The highest BCUT2D eigenvalue weighted by Crippen LogP contribution is 2.30. The predicted octanol–water partition coefficient (Wildman–Crippen LogP) is 3.31. The standard InChI is InChI=1S/C14H20F2N2O3/c1-14(2,3)21-13(19)18-8-5-6-9(10(7-8)20-4)11(17)12(15)16/h5-7,11-12H,17H2,1-4H3,(H,18,19). The first-order chi connectivity index (χ1) is 9.64. The molecular weight excluding hydrogens is 282 g/mol. The molecule has 1 atom stereocenters. The summed E-state index contributed by atoms with van der Waals surface area (Å²) in [4.78, 5) is 11.6. The summed E-state index contributed by atoms with van der Waals surface area (Å²) >= 11 is 0. The molecule has 7 heteroatoms. The lowest BCUT2D eigenvalue weighted by Gasteiger charge is -2.20. The molecule has 21 heavy (non-hydrogen) atoms. The lowest BCUT2D eigenvalue weighted by Crippen LogP contribution is -2.27. The van der Waals surface area contributed by atoms with Crippen LogP contribution in [0.2, 0.25) is 0 Å². The Morgan fingerprint density at radius 2 is 1.95 bits per heavy atom. The van der Waals surface area contributed by atoms with E-state index in [0.717, 1.165) is 0 Å². The van der Waals surface area contributed by atoms with Crippen molar-refractivity contribution in [2.45, 2.75) is 38.8 Å². The molecule has 0 saturated heterocycles. The van der Waals surface area contributed by atoms with Crippen LogP contribution in [0.3, 0.4) is 0 Å². The lowest BCUT2D eigenvalue weighted by molar-refractivity contribution is 0.0636. The molecular formula is C14H20F2N2O3. The van der Waals surface area contributed by atoms with Gasteiger partial charge in [0, 0.05) is 17.3 Å². The minimum Gasteiger partial charge on any atom is -0.496 e. The summed E-state index contributed by atoms with van der Waals surface area (Å²) in [5.74, 6) is 0.177. The van der Waals surface area contributed by atoms with Gasteiger partial charge in [0.1, 0.15) is 11.4 Å². The molecule has 1 aromatic rings. The van der Waals surface area contributed by atoms with E-state index in [-0.39, 0.29) is 11.3 Å². The maximum Gasteiger partial charge on any atom is 0.412 e. The zero-order chi connectivity index (χ0) is 16.2. The van der Waals surface area contributed by atoms with E-state index in [0.29, 0.717) is 5.69 Å². The van der Waals surface area contributed by atoms with Crippen molar-refractivity contribution in [1.82, 2.24) is 0 Å². The minimum atomic E-state index is -2.71. The van der Waals surface area contributed by atoms with Crippen molar-refractivity contribution in [3.63, 3.8) is 0 Å². The number of nitrogens with two attached hydrogens (primary N) is 1. The highest BCUT2D eigenvalue weighted by Gasteiger charge is 2.22. The second-order valence-corrected chi connectivity index (χ2v) is 5.44. The van der Waals surface area contributed by atoms with Gasteiger partial charge in [0.2, 0.25) is 0 Å². The Kier molecular flexibility index (Phi) is 5.48. The maximum absolute atomic E-state index is 12.7. The first kappa shape index (κ1) is 17.2. The van der Waals surface area contributed by atoms with Crippen molar-refractivity contribution in [3.05, 3.63) is 23.8 Å². The molecule has 1 aromatic carbocycles. The van der Waals surface area contributed by atoms with Crippen LogP contribution in [-0.2, 0) is 4.74 Å². The second-order valence-electron chi connectivity index (χ2n) is 5.44. The fraction of sp³-hybridized carbons (Fsp3) is 0.500.